The standard InChI is InChI=1S/C47H58N8O12/c1-29-45(60)53(2)34-15-17-38(51-42(34)54(29)31-9-4-5-10-31)50-33-14-13-30(27-37(33)63-3)43(58)49-20-8-22-65-24-26-66-25-23-64-21-7-19-48-40(57)28-67-36-12-6-11-32-41(36)47(62)55(46(32)61)35-16-18-39(56)52-44(35)59/h6,11-15,17,27,29,31,35H,4-5,7-10,16,18-26,28H2,1-3H3,(H,48,57)(H,49,58)(H,50,51)(H,52,56,59)/t29-,35?/m1/s1. The predicted molar refractivity (Wildman–Crippen MR) is 244 cm³/mol. The topological polar surface area (TPSA) is 236 Å². The molecule has 4 heterocycles. The molecule has 4 aliphatic rings. The summed E-state index contributed by atoms with van der Waals surface area (Å²) >= 11 is 0. The third-order valence-electron chi connectivity index (χ3n) is 12.1. The molecular formula is C47H58N8O12. The first-order chi connectivity index (χ1) is 32.5. The number of hydrogen-bond acceptors (Lipinski definition) is 15. The highest BCUT2D eigenvalue weighted by Crippen LogP contribution is 2.40. The molecule has 0 radical (unpaired) electrons. The molecule has 20 nitrogen and oxygen atoms in total. The number of anilines is 4. The maximum absolute atomic E-state index is 13.2. The van der Waals surface area contributed by atoms with Crippen molar-refractivity contribution in [2.24, 2.45) is 0 Å². The van der Waals surface area contributed by atoms with E-state index in [1.165, 1.54) is 18.2 Å². The number of methoxy groups -OCH3 is 1. The zero-order chi connectivity index (χ0) is 47.5. The summed E-state index contributed by atoms with van der Waals surface area (Å²) in [4.78, 5) is 98.2. The van der Waals surface area contributed by atoms with Gasteiger partial charge in [0.25, 0.3) is 23.6 Å². The number of amides is 7. The van der Waals surface area contributed by atoms with E-state index < -0.39 is 42.2 Å². The summed E-state index contributed by atoms with van der Waals surface area (Å²) in [5, 5.41) is 11.1. The molecule has 0 spiro atoms. The predicted octanol–water partition coefficient (Wildman–Crippen LogP) is 3.10. The number of nitrogens with zero attached hydrogens (tertiary/aromatic N) is 4. The molecule has 2 aromatic carbocycles. The van der Waals surface area contributed by atoms with Gasteiger partial charge in [-0.3, -0.25) is 43.8 Å². The van der Waals surface area contributed by atoms with Crippen LogP contribution >= 0.6 is 0 Å². The van der Waals surface area contributed by atoms with E-state index in [1.807, 2.05) is 19.1 Å². The minimum atomic E-state index is -1.11. The third-order valence-corrected chi connectivity index (χ3v) is 12.1. The van der Waals surface area contributed by atoms with Crippen molar-refractivity contribution < 1.29 is 57.2 Å². The molecule has 3 aromatic rings. The van der Waals surface area contributed by atoms with Gasteiger partial charge in [0.05, 0.1) is 56.0 Å². The number of rotatable bonds is 23. The molecule has 1 aromatic heterocycles. The van der Waals surface area contributed by atoms with Gasteiger partial charge in [0, 0.05) is 51.4 Å². The number of benzene rings is 2. The fourth-order valence-corrected chi connectivity index (χ4v) is 8.63. The molecule has 0 bridgehead atoms. The molecule has 2 fully saturated rings. The zero-order valence-electron chi connectivity index (χ0n) is 38.1. The van der Waals surface area contributed by atoms with Gasteiger partial charge in [-0.15, -0.1) is 0 Å². The molecule has 2 atom stereocenters. The van der Waals surface area contributed by atoms with Gasteiger partial charge in [-0.1, -0.05) is 18.9 Å². The molecule has 3 aliphatic heterocycles. The lowest BCUT2D eigenvalue weighted by atomic mass is 10.0. The molecule has 4 N–H and O–H groups in total. The number of imide groups is 2. The lowest BCUT2D eigenvalue weighted by Gasteiger charge is -2.42. The van der Waals surface area contributed by atoms with E-state index >= 15 is 0 Å². The number of ether oxygens (including phenoxy) is 5. The summed E-state index contributed by atoms with van der Waals surface area (Å²) in [5.74, 6) is -1.25. The summed E-state index contributed by atoms with van der Waals surface area (Å²) < 4.78 is 28.0. The maximum atomic E-state index is 13.2. The largest absolute Gasteiger partial charge is 0.495 e. The molecule has 1 aliphatic carbocycles. The van der Waals surface area contributed by atoms with Gasteiger partial charge in [-0.2, -0.15) is 0 Å². The molecule has 1 saturated heterocycles. The van der Waals surface area contributed by atoms with Crippen LogP contribution in [0.25, 0.3) is 0 Å². The van der Waals surface area contributed by atoms with E-state index in [9.17, 15) is 33.6 Å². The molecule has 7 rings (SSSR count). The number of nitrogens with one attached hydrogen (secondary N) is 4. The lowest BCUT2D eigenvalue weighted by molar-refractivity contribution is -0.136. The SMILES string of the molecule is COc1cc(C(=O)NCCCOCCOCCOCCCNC(=O)COc2cccc3c2C(=O)N(C2CCC(=O)NC2=O)C3=O)ccc1Nc1ccc2c(n1)N(C1CCCC1)[C@H](C)C(=O)N2C. The Morgan fingerprint density at radius 2 is 1.52 bits per heavy atom. The van der Waals surface area contributed by atoms with Crippen LogP contribution in [-0.4, -0.2) is 143 Å². The van der Waals surface area contributed by atoms with Crippen LogP contribution in [0.15, 0.2) is 48.5 Å². The fourth-order valence-electron chi connectivity index (χ4n) is 8.63. The average molecular weight is 927 g/mol. The van der Waals surface area contributed by atoms with Crippen LogP contribution in [0.1, 0.15) is 89.4 Å². The number of aromatic nitrogens is 1. The van der Waals surface area contributed by atoms with Gasteiger partial charge >= 0.3 is 0 Å². The van der Waals surface area contributed by atoms with E-state index in [-0.39, 0.29) is 53.6 Å². The summed E-state index contributed by atoms with van der Waals surface area (Å²) in [6.07, 6.45) is 5.53. The molecule has 67 heavy (non-hydrogen) atoms. The second-order valence-electron chi connectivity index (χ2n) is 16.6. The number of carbonyl (C=O) groups is 7. The molecule has 1 unspecified atom stereocenters. The van der Waals surface area contributed by atoms with Crippen molar-refractivity contribution in [2.45, 2.75) is 76.4 Å². The van der Waals surface area contributed by atoms with Crippen LogP contribution in [0.5, 0.6) is 11.5 Å². The Morgan fingerprint density at radius 1 is 0.821 bits per heavy atom. The highest BCUT2D eigenvalue weighted by atomic mass is 16.5. The third kappa shape index (κ3) is 11.5. The first-order valence-electron chi connectivity index (χ1n) is 22.7. The molecule has 7 amide bonds. The number of hydrogen-bond donors (Lipinski definition) is 4. The normalized spacial score (nSPS) is 18.2. The van der Waals surface area contributed by atoms with E-state index in [2.05, 4.69) is 26.2 Å². The van der Waals surface area contributed by atoms with E-state index in [0.29, 0.717) is 88.4 Å². The Morgan fingerprint density at radius 3 is 2.22 bits per heavy atom. The Balaban J connectivity index is 0.714. The minimum Gasteiger partial charge on any atom is -0.495 e. The highest BCUT2D eigenvalue weighted by molar-refractivity contribution is 6.24. The van der Waals surface area contributed by atoms with Crippen LogP contribution in [0.3, 0.4) is 0 Å². The minimum absolute atomic E-state index is 0.00579. The maximum Gasteiger partial charge on any atom is 0.266 e. The first kappa shape index (κ1) is 48.3. The van der Waals surface area contributed by atoms with Gasteiger partial charge in [-0.05, 0) is 81.5 Å². The van der Waals surface area contributed by atoms with Gasteiger partial charge in [0.2, 0.25) is 17.7 Å². The van der Waals surface area contributed by atoms with E-state index in [4.69, 9.17) is 28.7 Å². The summed E-state index contributed by atoms with van der Waals surface area (Å²) in [6.45, 7) is 4.58. The Bertz CT molecular complexity index is 2340. The zero-order valence-corrected chi connectivity index (χ0v) is 38.1. The molecule has 358 valence electrons. The molecule has 1 saturated carbocycles. The van der Waals surface area contributed by atoms with Crippen LogP contribution in [0, 0.1) is 0 Å². The van der Waals surface area contributed by atoms with Crippen LogP contribution in [0.2, 0.25) is 0 Å². The number of fused-ring (bicyclic) bond motifs is 2. The second kappa shape index (κ2) is 22.7. The van der Waals surface area contributed by atoms with Crippen LogP contribution < -0.4 is 40.5 Å². The van der Waals surface area contributed by atoms with Gasteiger partial charge in [-0.25, -0.2) is 4.98 Å². The number of likely N-dealkylation sites (N-methyl/N-ethyl adjacent to an activating group) is 1. The Kier molecular flexibility index (Phi) is 16.4. The first-order valence-corrected chi connectivity index (χ1v) is 22.7. The molecule has 20 heteroatoms. The quantitative estimate of drug-likeness (QED) is 0.0790. The van der Waals surface area contributed by atoms with Crippen molar-refractivity contribution in [2.75, 3.05) is 88.6 Å². The Labute approximate surface area is 388 Å². The summed E-state index contributed by atoms with van der Waals surface area (Å²) in [5.41, 5.74) is 1.92. The Hall–Kier alpha value is -6.64. The number of pyridine rings is 1. The smallest absolute Gasteiger partial charge is 0.266 e. The number of piperidine rings is 1. The van der Waals surface area contributed by atoms with Crippen molar-refractivity contribution >= 4 is 64.4 Å². The summed E-state index contributed by atoms with van der Waals surface area (Å²) in [7, 11) is 3.33. The van der Waals surface area contributed by atoms with Crippen molar-refractivity contribution in [1.29, 1.82) is 0 Å². The molecular weight excluding hydrogens is 869 g/mol. The lowest BCUT2D eigenvalue weighted by Crippen LogP contribution is -2.54. The highest BCUT2D eigenvalue weighted by Gasteiger charge is 2.46. The fraction of sp³-hybridized carbons (Fsp3) is 0.489. The van der Waals surface area contributed by atoms with Crippen molar-refractivity contribution in [3.63, 3.8) is 0 Å². The van der Waals surface area contributed by atoms with Gasteiger partial charge in [0.1, 0.15) is 29.4 Å². The monoisotopic (exact) mass is 926 g/mol. The van der Waals surface area contributed by atoms with Crippen LogP contribution in [-0.2, 0) is 33.4 Å². The van der Waals surface area contributed by atoms with Gasteiger partial charge < -0.3 is 49.4 Å². The summed E-state index contributed by atoms with van der Waals surface area (Å²) in [6, 6.07) is 12.2. The van der Waals surface area contributed by atoms with E-state index in [0.717, 1.165) is 42.1 Å². The van der Waals surface area contributed by atoms with Crippen molar-refractivity contribution in [3.05, 3.63) is 65.2 Å². The average Bonchev–Trinajstić information content (AvgIpc) is 3.95. The van der Waals surface area contributed by atoms with Gasteiger partial charge in [0.15, 0.2) is 12.4 Å². The van der Waals surface area contributed by atoms with Crippen molar-refractivity contribution in [1.82, 2.24) is 25.8 Å². The van der Waals surface area contributed by atoms with E-state index in [1.54, 1.807) is 37.3 Å². The number of carbonyl (C=O) groups excluding carboxylic acids is 7. The van der Waals surface area contributed by atoms with Crippen LogP contribution in [0.4, 0.5) is 23.0 Å². The van der Waals surface area contributed by atoms with Crippen molar-refractivity contribution in [3.8, 4) is 11.5 Å². The second-order valence-corrected chi connectivity index (χ2v) is 16.6.